The number of hydrogen-bond donors (Lipinski definition) is 1. The van der Waals surface area contributed by atoms with Gasteiger partial charge in [-0.05, 0) is 49.9 Å². The Morgan fingerprint density at radius 3 is 2.45 bits per heavy atom. The summed E-state index contributed by atoms with van der Waals surface area (Å²) in [6.45, 7) is 3.91. The molecule has 0 saturated carbocycles. The van der Waals surface area contributed by atoms with E-state index in [0.717, 1.165) is 18.7 Å². The van der Waals surface area contributed by atoms with Crippen LogP contribution in [0.1, 0.15) is 38.2 Å². The van der Waals surface area contributed by atoms with Crippen molar-refractivity contribution in [3.8, 4) is 0 Å². The lowest BCUT2D eigenvalue weighted by Crippen LogP contribution is -2.48. The van der Waals surface area contributed by atoms with Gasteiger partial charge >= 0.3 is 0 Å². The molecule has 110 valence electrons. The van der Waals surface area contributed by atoms with Gasteiger partial charge in [0.05, 0.1) is 0 Å². The summed E-state index contributed by atoms with van der Waals surface area (Å²) >= 11 is 0. The van der Waals surface area contributed by atoms with Crippen molar-refractivity contribution < 1.29 is 8.78 Å². The monoisotopic (exact) mass is 280 g/mol. The molecule has 2 fully saturated rings. The third kappa shape index (κ3) is 2.72. The topological polar surface area (TPSA) is 15.3 Å². The molecule has 2 saturated heterocycles. The average Bonchev–Trinajstić information content (AvgIpc) is 2.66. The van der Waals surface area contributed by atoms with E-state index in [4.69, 9.17) is 0 Å². The van der Waals surface area contributed by atoms with E-state index in [9.17, 15) is 8.78 Å². The highest BCUT2D eigenvalue weighted by molar-refractivity contribution is 5.18. The van der Waals surface area contributed by atoms with Crippen molar-refractivity contribution in [2.45, 2.75) is 57.3 Å². The van der Waals surface area contributed by atoms with Gasteiger partial charge in [0.25, 0.3) is 0 Å². The van der Waals surface area contributed by atoms with E-state index < -0.39 is 11.6 Å². The first-order valence-electron chi connectivity index (χ1n) is 7.60. The Bertz CT molecular complexity index is 464. The first-order chi connectivity index (χ1) is 9.67. The minimum absolute atomic E-state index is 0.589. The van der Waals surface area contributed by atoms with Gasteiger partial charge in [-0.1, -0.05) is 13.0 Å². The van der Waals surface area contributed by atoms with Gasteiger partial charge in [-0.2, -0.15) is 0 Å². The number of nitrogens with one attached hydrogen (secondary N) is 1. The molecule has 2 unspecified atom stereocenters. The molecule has 3 rings (SSSR count). The number of fused-ring (bicyclic) bond motifs is 2. The lowest BCUT2D eigenvalue weighted by Gasteiger charge is -2.39. The molecular weight excluding hydrogens is 258 g/mol. The number of halogens is 2. The molecule has 2 bridgehead atoms. The van der Waals surface area contributed by atoms with Crippen molar-refractivity contribution in [3.63, 3.8) is 0 Å². The molecule has 2 atom stereocenters. The van der Waals surface area contributed by atoms with E-state index >= 15 is 0 Å². The number of hydrogen-bond acceptors (Lipinski definition) is 2. The molecule has 0 amide bonds. The first kappa shape index (κ1) is 14.0. The Balaban J connectivity index is 1.68. The third-order valence-electron chi connectivity index (χ3n) is 4.73. The van der Waals surface area contributed by atoms with Gasteiger partial charge in [-0.25, -0.2) is 8.78 Å². The predicted molar refractivity (Wildman–Crippen MR) is 75.4 cm³/mol. The lowest BCUT2D eigenvalue weighted by molar-refractivity contribution is 0.110. The zero-order valence-corrected chi connectivity index (χ0v) is 11.9. The second-order valence-corrected chi connectivity index (χ2v) is 6.03. The van der Waals surface area contributed by atoms with Crippen molar-refractivity contribution in [3.05, 3.63) is 35.4 Å². The van der Waals surface area contributed by atoms with E-state index in [1.54, 1.807) is 6.07 Å². The SMILES string of the molecule is CCNC1CC2CCC(C1)N2Cc1ccc(F)c(F)c1. The predicted octanol–water partition coefficient (Wildman–Crippen LogP) is 3.07. The minimum atomic E-state index is -0.762. The van der Waals surface area contributed by atoms with Crippen LogP contribution in [-0.2, 0) is 6.54 Å². The molecule has 0 spiro atoms. The summed E-state index contributed by atoms with van der Waals surface area (Å²) in [6, 6.07) is 6.08. The van der Waals surface area contributed by atoms with E-state index in [2.05, 4.69) is 17.1 Å². The molecular formula is C16H22F2N2. The summed E-state index contributed by atoms with van der Waals surface area (Å²) in [6.07, 6.45) is 4.81. The van der Waals surface area contributed by atoms with Crippen LogP contribution in [0.4, 0.5) is 8.78 Å². The van der Waals surface area contributed by atoms with Gasteiger partial charge < -0.3 is 5.32 Å². The maximum Gasteiger partial charge on any atom is 0.159 e. The van der Waals surface area contributed by atoms with Crippen molar-refractivity contribution in [1.29, 1.82) is 0 Å². The fraction of sp³-hybridized carbons (Fsp3) is 0.625. The molecule has 2 heterocycles. The average molecular weight is 280 g/mol. The minimum Gasteiger partial charge on any atom is -0.314 e. The van der Waals surface area contributed by atoms with Gasteiger partial charge in [0.15, 0.2) is 11.6 Å². The van der Waals surface area contributed by atoms with E-state index in [-0.39, 0.29) is 0 Å². The van der Waals surface area contributed by atoms with Gasteiger partial charge in [0.2, 0.25) is 0 Å². The second kappa shape index (κ2) is 5.78. The fourth-order valence-electron chi connectivity index (χ4n) is 3.84. The molecule has 4 heteroatoms. The van der Waals surface area contributed by atoms with E-state index in [0.29, 0.717) is 18.1 Å². The van der Waals surface area contributed by atoms with E-state index in [1.807, 2.05) is 0 Å². The number of nitrogens with zero attached hydrogens (tertiary/aromatic N) is 1. The van der Waals surface area contributed by atoms with Crippen LogP contribution in [-0.4, -0.2) is 29.6 Å². The molecule has 0 aromatic heterocycles. The maximum absolute atomic E-state index is 13.3. The highest BCUT2D eigenvalue weighted by Gasteiger charge is 2.40. The van der Waals surface area contributed by atoms with E-state index in [1.165, 1.54) is 37.8 Å². The van der Waals surface area contributed by atoms with Crippen molar-refractivity contribution in [1.82, 2.24) is 10.2 Å². The molecule has 2 nitrogen and oxygen atoms in total. The Hall–Kier alpha value is -1.00. The van der Waals surface area contributed by atoms with Gasteiger partial charge in [0, 0.05) is 24.7 Å². The molecule has 1 aromatic rings. The molecule has 1 aromatic carbocycles. The molecule has 1 N–H and O–H groups in total. The Labute approximate surface area is 119 Å². The summed E-state index contributed by atoms with van der Waals surface area (Å²) in [4.78, 5) is 2.49. The Morgan fingerprint density at radius 1 is 1.15 bits per heavy atom. The molecule has 0 radical (unpaired) electrons. The van der Waals surface area contributed by atoms with Crippen LogP contribution in [0.3, 0.4) is 0 Å². The quantitative estimate of drug-likeness (QED) is 0.912. The summed E-state index contributed by atoms with van der Waals surface area (Å²) < 4.78 is 26.3. The van der Waals surface area contributed by atoms with Crippen LogP contribution >= 0.6 is 0 Å². The van der Waals surface area contributed by atoms with Crippen molar-refractivity contribution >= 4 is 0 Å². The van der Waals surface area contributed by atoms with Gasteiger partial charge in [-0.15, -0.1) is 0 Å². The van der Waals surface area contributed by atoms with Crippen LogP contribution in [0.2, 0.25) is 0 Å². The van der Waals surface area contributed by atoms with Crippen LogP contribution < -0.4 is 5.32 Å². The van der Waals surface area contributed by atoms with Crippen LogP contribution in [0, 0.1) is 11.6 Å². The summed E-state index contributed by atoms with van der Waals surface area (Å²) in [5, 5.41) is 3.55. The highest BCUT2D eigenvalue weighted by atomic mass is 19.2. The summed E-state index contributed by atoms with van der Waals surface area (Å²) in [7, 11) is 0. The second-order valence-electron chi connectivity index (χ2n) is 6.03. The highest BCUT2D eigenvalue weighted by Crippen LogP contribution is 2.36. The molecule has 0 aliphatic carbocycles. The van der Waals surface area contributed by atoms with Crippen LogP contribution in [0.15, 0.2) is 18.2 Å². The zero-order chi connectivity index (χ0) is 14.1. The normalized spacial score (nSPS) is 29.9. The zero-order valence-electron chi connectivity index (χ0n) is 11.9. The molecule has 2 aliphatic rings. The largest absolute Gasteiger partial charge is 0.314 e. The summed E-state index contributed by atoms with van der Waals surface area (Å²) in [5.41, 5.74) is 0.878. The lowest BCUT2D eigenvalue weighted by atomic mass is 9.96. The molecule has 2 aliphatic heterocycles. The van der Waals surface area contributed by atoms with Gasteiger partial charge in [-0.3, -0.25) is 4.90 Å². The fourth-order valence-corrected chi connectivity index (χ4v) is 3.84. The smallest absolute Gasteiger partial charge is 0.159 e. The standard InChI is InChI=1S/C16H22F2N2/c1-2-19-12-8-13-4-5-14(9-12)20(13)10-11-3-6-15(17)16(18)7-11/h3,6-7,12-14,19H,2,4-5,8-10H2,1H3. The Kier molecular flexibility index (Phi) is 4.03. The van der Waals surface area contributed by atoms with Crippen molar-refractivity contribution in [2.75, 3.05) is 6.54 Å². The number of piperidine rings is 1. The number of rotatable bonds is 4. The van der Waals surface area contributed by atoms with Crippen LogP contribution in [0.25, 0.3) is 0 Å². The van der Waals surface area contributed by atoms with Gasteiger partial charge in [0.1, 0.15) is 0 Å². The first-order valence-corrected chi connectivity index (χ1v) is 7.60. The molecule has 20 heavy (non-hydrogen) atoms. The van der Waals surface area contributed by atoms with Crippen LogP contribution in [0.5, 0.6) is 0 Å². The number of benzene rings is 1. The van der Waals surface area contributed by atoms with Crippen molar-refractivity contribution in [2.24, 2.45) is 0 Å². The maximum atomic E-state index is 13.3. The summed E-state index contributed by atoms with van der Waals surface area (Å²) in [5.74, 6) is -1.50. The third-order valence-corrected chi connectivity index (χ3v) is 4.73. The Morgan fingerprint density at radius 2 is 1.85 bits per heavy atom.